The first-order valence-corrected chi connectivity index (χ1v) is 8.90. The third-order valence-corrected chi connectivity index (χ3v) is 4.71. The summed E-state index contributed by atoms with van der Waals surface area (Å²) < 4.78 is 16.1. The molecule has 1 saturated heterocycles. The van der Waals surface area contributed by atoms with Gasteiger partial charge in [0, 0.05) is 11.6 Å². The number of rotatable bonds is 5. The molecule has 1 fully saturated rings. The monoisotopic (exact) mass is 376 g/mol. The smallest absolute Gasteiger partial charge is 0.408 e. The molecule has 1 aliphatic rings. The van der Waals surface area contributed by atoms with Gasteiger partial charge in [-0.25, -0.2) is 9.78 Å². The molecule has 0 radical (unpaired) electrons. The number of hydrogen-bond donors (Lipinski definition) is 1. The Hall–Kier alpha value is -3.54. The van der Waals surface area contributed by atoms with Gasteiger partial charge >= 0.3 is 6.09 Å². The van der Waals surface area contributed by atoms with Gasteiger partial charge in [0.1, 0.15) is 5.75 Å². The first-order valence-electron chi connectivity index (χ1n) is 8.90. The number of ether oxygens (including phenoxy) is 3. The highest BCUT2D eigenvalue weighted by Crippen LogP contribution is 2.38. The lowest BCUT2D eigenvalue weighted by molar-refractivity contribution is 0.132. The van der Waals surface area contributed by atoms with E-state index in [1.165, 1.54) is 0 Å². The fraction of sp³-hybridized carbons (Fsp3) is 0.182. The van der Waals surface area contributed by atoms with E-state index in [0.717, 1.165) is 22.4 Å². The van der Waals surface area contributed by atoms with Gasteiger partial charge in [-0.15, -0.1) is 0 Å². The molecular formula is C22H20N2O4. The molecule has 4 rings (SSSR count). The van der Waals surface area contributed by atoms with Crippen molar-refractivity contribution < 1.29 is 19.0 Å². The highest BCUT2D eigenvalue weighted by Gasteiger charge is 2.36. The number of alkyl carbamates (subject to hydrolysis) is 1. The van der Waals surface area contributed by atoms with Crippen molar-refractivity contribution in [2.45, 2.75) is 12.1 Å². The van der Waals surface area contributed by atoms with Gasteiger partial charge in [-0.1, -0.05) is 36.4 Å². The van der Waals surface area contributed by atoms with Gasteiger partial charge in [0.15, 0.2) is 6.10 Å². The van der Waals surface area contributed by atoms with Gasteiger partial charge in [-0.05, 0) is 35.4 Å². The van der Waals surface area contributed by atoms with E-state index in [2.05, 4.69) is 10.3 Å². The average Bonchev–Trinajstić information content (AvgIpc) is 3.15. The molecule has 0 unspecified atom stereocenters. The minimum Gasteiger partial charge on any atom is -0.497 e. The number of hydrogen-bond acceptors (Lipinski definition) is 5. The number of aromatic nitrogens is 1. The quantitative estimate of drug-likeness (QED) is 0.719. The fourth-order valence-corrected chi connectivity index (χ4v) is 3.34. The molecule has 1 aliphatic heterocycles. The molecule has 1 aromatic heterocycles. The number of nitrogens with zero attached hydrogens (tertiary/aromatic N) is 1. The third-order valence-electron chi connectivity index (χ3n) is 4.71. The van der Waals surface area contributed by atoms with Crippen molar-refractivity contribution >= 4 is 6.09 Å². The van der Waals surface area contributed by atoms with Crippen LogP contribution in [0.1, 0.15) is 23.3 Å². The summed E-state index contributed by atoms with van der Waals surface area (Å²) in [5.41, 5.74) is 3.53. The van der Waals surface area contributed by atoms with Gasteiger partial charge in [0.25, 0.3) is 0 Å². The van der Waals surface area contributed by atoms with Crippen LogP contribution in [0.15, 0.2) is 66.7 Å². The van der Waals surface area contributed by atoms with Gasteiger partial charge in [-0.3, -0.25) is 0 Å². The van der Waals surface area contributed by atoms with Crippen LogP contribution in [0.4, 0.5) is 4.79 Å². The lowest BCUT2D eigenvalue weighted by atomic mass is 9.94. The van der Waals surface area contributed by atoms with Crippen LogP contribution in [-0.2, 0) is 4.74 Å². The Labute approximate surface area is 163 Å². The van der Waals surface area contributed by atoms with Crippen molar-refractivity contribution in [2.24, 2.45) is 0 Å². The molecular weight excluding hydrogens is 356 g/mol. The summed E-state index contributed by atoms with van der Waals surface area (Å²) in [6.07, 6.45) is -0.890. The Bertz CT molecular complexity index is 1010. The van der Waals surface area contributed by atoms with Crippen LogP contribution in [-0.4, -0.2) is 25.3 Å². The molecule has 2 heterocycles. The van der Waals surface area contributed by atoms with Crippen molar-refractivity contribution in [2.75, 3.05) is 14.2 Å². The number of carbonyl (C=O) groups is 1. The van der Waals surface area contributed by atoms with E-state index in [1.807, 2.05) is 60.7 Å². The van der Waals surface area contributed by atoms with E-state index >= 15 is 0 Å². The zero-order valence-electron chi connectivity index (χ0n) is 15.6. The summed E-state index contributed by atoms with van der Waals surface area (Å²) in [5.74, 6) is 1.27. The van der Waals surface area contributed by atoms with Crippen molar-refractivity contribution in [3.8, 4) is 22.9 Å². The Morgan fingerprint density at radius 3 is 2.54 bits per heavy atom. The lowest BCUT2D eigenvalue weighted by Crippen LogP contribution is -2.19. The maximum absolute atomic E-state index is 12.0. The van der Waals surface area contributed by atoms with E-state index < -0.39 is 12.2 Å². The molecule has 2 atom stereocenters. The number of carbonyl (C=O) groups excluding carboxylic acids is 1. The van der Waals surface area contributed by atoms with Crippen LogP contribution < -0.4 is 14.8 Å². The normalized spacial score (nSPS) is 18.3. The maximum Gasteiger partial charge on any atom is 0.408 e. The van der Waals surface area contributed by atoms with Gasteiger partial charge in [0.2, 0.25) is 5.88 Å². The van der Waals surface area contributed by atoms with Crippen LogP contribution in [0.25, 0.3) is 11.3 Å². The predicted octanol–water partition coefficient (Wildman–Crippen LogP) is 4.29. The number of pyridine rings is 1. The van der Waals surface area contributed by atoms with E-state index in [9.17, 15) is 4.79 Å². The second kappa shape index (κ2) is 7.60. The van der Waals surface area contributed by atoms with E-state index in [0.29, 0.717) is 11.6 Å². The second-order valence-electron chi connectivity index (χ2n) is 6.42. The molecule has 1 amide bonds. The summed E-state index contributed by atoms with van der Waals surface area (Å²) in [4.78, 5) is 16.5. The molecule has 6 nitrogen and oxygen atoms in total. The molecule has 0 aliphatic carbocycles. The molecule has 0 saturated carbocycles. The second-order valence-corrected chi connectivity index (χ2v) is 6.42. The molecule has 142 valence electrons. The molecule has 1 N–H and O–H groups in total. The molecule has 0 spiro atoms. The zero-order valence-corrected chi connectivity index (χ0v) is 15.6. The molecule has 2 aromatic carbocycles. The predicted molar refractivity (Wildman–Crippen MR) is 104 cm³/mol. The molecule has 28 heavy (non-hydrogen) atoms. The summed E-state index contributed by atoms with van der Waals surface area (Å²) in [5, 5.41) is 2.91. The Kier molecular flexibility index (Phi) is 4.85. The standard InChI is InChI=1S/C22H20N2O4/c1-26-17-9-4-8-16(13-17)21-20(24-22(25)28-21)15-7-3-6-14(12-15)18-10-5-11-19(23-18)27-2/h3-13,20-21H,1-2H3,(H,24,25)/t20-,21-/m1/s1. The highest BCUT2D eigenvalue weighted by atomic mass is 16.6. The maximum atomic E-state index is 12.0. The van der Waals surface area contributed by atoms with Crippen molar-refractivity contribution in [1.82, 2.24) is 10.3 Å². The minimum atomic E-state index is -0.448. The first-order chi connectivity index (χ1) is 13.7. The molecule has 0 bridgehead atoms. The van der Waals surface area contributed by atoms with Crippen LogP contribution in [0.5, 0.6) is 11.6 Å². The SMILES string of the molecule is COc1cccc([C@H]2OC(=O)N[C@@H]2c2cccc(-c3cccc(OC)n3)c2)c1. The minimum absolute atomic E-state index is 0.315. The Morgan fingerprint density at radius 2 is 1.71 bits per heavy atom. The number of methoxy groups -OCH3 is 2. The third kappa shape index (κ3) is 3.49. The topological polar surface area (TPSA) is 69.7 Å². The zero-order chi connectivity index (χ0) is 19.5. The average molecular weight is 376 g/mol. The number of nitrogens with one attached hydrogen (secondary N) is 1. The first kappa shape index (κ1) is 17.9. The van der Waals surface area contributed by atoms with Crippen LogP contribution in [0, 0.1) is 0 Å². The Morgan fingerprint density at radius 1 is 0.929 bits per heavy atom. The summed E-state index contributed by atoms with van der Waals surface area (Å²) in [6, 6.07) is 20.7. The van der Waals surface area contributed by atoms with Gasteiger partial charge in [0.05, 0.1) is 26.0 Å². The van der Waals surface area contributed by atoms with Crippen molar-refractivity contribution in [3.05, 3.63) is 77.9 Å². The number of cyclic esters (lactones) is 1. The van der Waals surface area contributed by atoms with E-state index in [4.69, 9.17) is 14.2 Å². The number of amides is 1. The highest BCUT2D eigenvalue weighted by molar-refractivity contribution is 5.72. The van der Waals surface area contributed by atoms with Crippen molar-refractivity contribution in [1.29, 1.82) is 0 Å². The Balaban J connectivity index is 1.69. The summed E-state index contributed by atoms with van der Waals surface area (Å²) in [6.45, 7) is 0. The van der Waals surface area contributed by atoms with E-state index in [-0.39, 0.29) is 6.04 Å². The summed E-state index contributed by atoms with van der Waals surface area (Å²) in [7, 11) is 3.20. The van der Waals surface area contributed by atoms with Crippen LogP contribution in [0.3, 0.4) is 0 Å². The molecule has 3 aromatic rings. The van der Waals surface area contributed by atoms with Crippen LogP contribution >= 0.6 is 0 Å². The van der Waals surface area contributed by atoms with Crippen LogP contribution in [0.2, 0.25) is 0 Å². The largest absolute Gasteiger partial charge is 0.497 e. The number of benzene rings is 2. The molecule has 6 heteroatoms. The van der Waals surface area contributed by atoms with Gasteiger partial charge in [-0.2, -0.15) is 0 Å². The fourth-order valence-electron chi connectivity index (χ4n) is 3.34. The lowest BCUT2D eigenvalue weighted by Gasteiger charge is -2.19. The van der Waals surface area contributed by atoms with E-state index in [1.54, 1.807) is 20.3 Å². The van der Waals surface area contributed by atoms with Crippen molar-refractivity contribution in [3.63, 3.8) is 0 Å². The summed E-state index contributed by atoms with van der Waals surface area (Å²) >= 11 is 0. The van der Waals surface area contributed by atoms with Gasteiger partial charge < -0.3 is 19.5 Å².